The number of halogens is 2. The van der Waals surface area contributed by atoms with Crippen LogP contribution in [0.25, 0.3) is 0 Å². The second kappa shape index (κ2) is 5.04. The zero-order valence-electron chi connectivity index (χ0n) is 8.47. The van der Waals surface area contributed by atoms with Gasteiger partial charge in [0.15, 0.2) is 0 Å². The maximum Gasteiger partial charge on any atom is 0.134 e. The molecule has 0 aliphatic carbocycles. The molecule has 0 fully saturated rings. The highest BCUT2D eigenvalue weighted by molar-refractivity contribution is 5.32. The molecule has 0 bridgehead atoms. The lowest BCUT2D eigenvalue weighted by Gasteiger charge is -2.13. The Kier molecular flexibility index (Phi) is 3.99. The van der Waals surface area contributed by atoms with Crippen LogP contribution in [0, 0.1) is 11.6 Å². The summed E-state index contributed by atoms with van der Waals surface area (Å²) in [7, 11) is 1.34. The molecule has 0 saturated carbocycles. The standard InChI is InChI=1S/C10H14F2N2O/c1-15-6-4-7(11)10(8(12)5-6)9(14)2-3-13/h4-5,9H,2-3,13-14H2,1H3/t9-/m1/s1. The number of benzene rings is 1. The van der Waals surface area contributed by atoms with Gasteiger partial charge in [0.05, 0.1) is 7.11 Å². The Labute approximate surface area is 87.0 Å². The average Bonchev–Trinajstić information content (AvgIpc) is 2.16. The van der Waals surface area contributed by atoms with E-state index in [4.69, 9.17) is 16.2 Å². The fourth-order valence-corrected chi connectivity index (χ4v) is 1.36. The molecule has 1 aromatic carbocycles. The van der Waals surface area contributed by atoms with E-state index in [9.17, 15) is 8.78 Å². The van der Waals surface area contributed by atoms with Crippen molar-refractivity contribution in [3.8, 4) is 5.75 Å². The topological polar surface area (TPSA) is 61.3 Å². The molecule has 5 heteroatoms. The van der Waals surface area contributed by atoms with Gasteiger partial charge in [0.25, 0.3) is 0 Å². The molecule has 0 spiro atoms. The fourth-order valence-electron chi connectivity index (χ4n) is 1.36. The van der Waals surface area contributed by atoms with E-state index >= 15 is 0 Å². The molecule has 1 atom stereocenters. The van der Waals surface area contributed by atoms with Crippen molar-refractivity contribution in [1.29, 1.82) is 0 Å². The summed E-state index contributed by atoms with van der Waals surface area (Å²) in [4.78, 5) is 0. The molecule has 0 radical (unpaired) electrons. The maximum absolute atomic E-state index is 13.4. The second-order valence-electron chi connectivity index (χ2n) is 3.19. The molecule has 0 saturated heterocycles. The SMILES string of the molecule is COc1cc(F)c([C@H](N)CCN)c(F)c1. The van der Waals surface area contributed by atoms with Crippen molar-refractivity contribution < 1.29 is 13.5 Å². The third-order valence-corrected chi connectivity index (χ3v) is 2.14. The minimum absolute atomic E-state index is 0.133. The highest BCUT2D eigenvalue weighted by atomic mass is 19.1. The lowest BCUT2D eigenvalue weighted by molar-refractivity contribution is 0.403. The number of hydrogen-bond donors (Lipinski definition) is 2. The van der Waals surface area contributed by atoms with Crippen LogP contribution in [0.1, 0.15) is 18.0 Å². The number of methoxy groups -OCH3 is 1. The number of hydrogen-bond acceptors (Lipinski definition) is 3. The number of ether oxygens (including phenoxy) is 1. The molecule has 0 amide bonds. The normalized spacial score (nSPS) is 12.6. The van der Waals surface area contributed by atoms with E-state index in [1.807, 2.05) is 0 Å². The largest absolute Gasteiger partial charge is 0.497 e. The Morgan fingerprint density at radius 1 is 1.33 bits per heavy atom. The van der Waals surface area contributed by atoms with Crippen LogP contribution in [0.4, 0.5) is 8.78 Å². The molecule has 0 aliphatic rings. The Bertz CT molecular complexity index is 321. The molecule has 1 rings (SSSR count). The first-order chi connectivity index (χ1) is 7.10. The van der Waals surface area contributed by atoms with Crippen LogP contribution in [0.3, 0.4) is 0 Å². The zero-order chi connectivity index (χ0) is 11.4. The van der Waals surface area contributed by atoms with Crippen molar-refractivity contribution in [2.45, 2.75) is 12.5 Å². The molecule has 84 valence electrons. The van der Waals surface area contributed by atoms with Gasteiger partial charge in [-0.15, -0.1) is 0 Å². The van der Waals surface area contributed by atoms with Crippen LogP contribution < -0.4 is 16.2 Å². The van der Waals surface area contributed by atoms with Crippen molar-refractivity contribution in [2.24, 2.45) is 11.5 Å². The molecule has 0 heterocycles. The smallest absolute Gasteiger partial charge is 0.134 e. The van der Waals surface area contributed by atoms with Crippen LogP contribution in [0.5, 0.6) is 5.75 Å². The van der Waals surface area contributed by atoms with Gasteiger partial charge in [-0.1, -0.05) is 0 Å². The molecule has 0 aromatic heterocycles. The molecule has 0 aliphatic heterocycles. The van der Waals surface area contributed by atoms with E-state index in [2.05, 4.69) is 0 Å². The summed E-state index contributed by atoms with van der Waals surface area (Å²) in [5.74, 6) is -1.27. The quantitative estimate of drug-likeness (QED) is 0.798. The molecule has 15 heavy (non-hydrogen) atoms. The highest BCUT2D eigenvalue weighted by Crippen LogP contribution is 2.25. The minimum atomic E-state index is -0.721. The van der Waals surface area contributed by atoms with Crippen LogP contribution in [0.15, 0.2) is 12.1 Å². The van der Waals surface area contributed by atoms with E-state index in [1.165, 1.54) is 7.11 Å². The average molecular weight is 216 g/mol. The fraction of sp³-hybridized carbons (Fsp3) is 0.400. The summed E-state index contributed by atoms with van der Waals surface area (Å²) in [6.07, 6.45) is 0.334. The van der Waals surface area contributed by atoms with Gasteiger partial charge in [-0.05, 0) is 13.0 Å². The van der Waals surface area contributed by atoms with Gasteiger partial charge in [0, 0.05) is 23.7 Å². The number of rotatable bonds is 4. The first kappa shape index (κ1) is 11.9. The minimum Gasteiger partial charge on any atom is -0.497 e. The second-order valence-corrected chi connectivity index (χ2v) is 3.19. The van der Waals surface area contributed by atoms with E-state index in [0.29, 0.717) is 6.42 Å². The molecule has 4 N–H and O–H groups in total. The van der Waals surface area contributed by atoms with Gasteiger partial charge in [-0.3, -0.25) is 0 Å². The van der Waals surface area contributed by atoms with Gasteiger partial charge >= 0.3 is 0 Å². The Balaban J connectivity index is 3.07. The van der Waals surface area contributed by atoms with Crippen molar-refractivity contribution >= 4 is 0 Å². The molecule has 0 unspecified atom stereocenters. The summed E-state index contributed by atoms with van der Waals surface area (Å²) >= 11 is 0. The Hall–Kier alpha value is -1.20. The monoisotopic (exact) mass is 216 g/mol. The van der Waals surface area contributed by atoms with Crippen molar-refractivity contribution in [3.63, 3.8) is 0 Å². The zero-order valence-corrected chi connectivity index (χ0v) is 8.47. The summed E-state index contributed by atoms with van der Waals surface area (Å²) < 4.78 is 31.6. The third-order valence-electron chi connectivity index (χ3n) is 2.14. The van der Waals surface area contributed by atoms with E-state index < -0.39 is 17.7 Å². The van der Waals surface area contributed by atoms with Crippen LogP contribution in [-0.4, -0.2) is 13.7 Å². The van der Waals surface area contributed by atoms with Gasteiger partial charge in [0.2, 0.25) is 0 Å². The maximum atomic E-state index is 13.4. The van der Waals surface area contributed by atoms with Crippen molar-refractivity contribution in [1.82, 2.24) is 0 Å². The predicted octanol–water partition coefficient (Wildman–Crippen LogP) is 1.32. The summed E-state index contributed by atoms with van der Waals surface area (Å²) in [5.41, 5.74) is 10.7. The molecular formula is C10H14F2N2O. The van der Waals surface area contributed by atoms with Crippen LogP contribution in [-0.2, 0) is 0 Å². The van der Waals surface area contributed by atoms with Crippen LogP contribution >= 0.6 is 0 Å². The summed E-state index contributed by atoms with van der Waals surface area (Å²) in [6.45, 7) is 0.284. The first-order valence-electron chi connectivity index (χ1n) is 4.58. The number of nitrogens with two attached hydrogens (primary N) is 2. The summed E-state index contributed by atoms with van der Waals surface area (Å²) in [6, 6.07) is 1.49. The lowest BCUT2D eigenvalue weighted by atomic mass is 10.0. The molecule has 3 nitrogen and oxygen atoms in total. The first-order valence-corrected chi connectivity index (χ1v) is 4.58. The highest BCUT2D eigenvalue weighted by Gasteiger charge is 2.17. The van der Waals surface area contributed by atoms with E-state index in [1.54, 1.807) is 0 Å². The van der Waals surface area contributed by atoms with Gasteiger partial charge in [-0.2, -0.15) is 0 Å². The Morgan fingerprint density at radius 2 is 1.87 bits per heavy atom. The van der Waals surface area contributed by atoms with Crippen molar-refractivity contribution in [2.75, 3.05) is 13.7 Å². The van der Waals surface area contributed by atoms with Gasteiger partial charge in [-0.25, -0.2) is 8.78 Å². The predicted molar refractivity (Wildman–Crippen MR) is 53.5 cm³/mol. The van der Waals surface area contributed by atoms with Gasteiger partial charge < -0.3 is 16.2 Å². The molecular weight excluding hydrogens is 202 g/mol. The van der Waals surface area contributed by atoms with E-state index in [-0.39, 0.29) is 17.9 Å². The van der Waals surface area contributed by atoms with Gasteiger partial charge in [0.1, 0.15) is 17.4 Å². The van der Waals surface area contributed by atoms with Crippen molar-refractivity contribution in [3.05, 3.63) is 29.3 Å². The Morgan fingerprint density at radius 3 is 2.27 bits per heavy atom. The summed E-state index contributed by atoms with van der Waals surface area (Å²) in [5, 5.41) is 0. The van der Waals surface area contributed by atoms with Crippen LogP contribution in [0.2, 0.25) is 0 Å². The van der Waals surface area contributed by atoms with E-state index in [0.717, 1.165) is 12.1 Å². The lowest BCUT2D eigenvalue weighted by Crippen LogP contribution is -2.18. The third kappa shape index (κ3) is 2.64. The molecule has 1 aromatic rings.